The van der Waals surface area contributed by atoms with Crippen molar-refractivity contribution in [3.05, 3.63) is 46.0 Å². The van der Waals surface area contributed by atoms with Crippen LogP contribution in [0.25, 0.3) is 0 Å². The molecule has 2 rings (SSSR count). The van der Waals surface area contributed by atoms with E-state index in [0.29, 0.717) is 11.6 Å². The third-order valence-electron chi connectivity index (χ3n) is 2.23. The molecule has 0 bridgehead atoms. The molecule has 1 N–H and O–H groups in total. The minimum Gasteiger partial charge on any atom is -0.456 e. The van der Waals surface area contributed by atoms with Crippen LogP contribution in [0.15, 0.2) is 33.2 Å². The molecule has 4 nitrogen and oxygen atoms in total. The fraction of sp³-hybridized carbons (Fsp3) is 0.167. The van der Waals surface area contributed by atoms with Gasteiger partial charge in [-0.15, -0.1) is 0 Å². The van der Waals surface area contributed by atoms with E-state index in [1.807, 2.05) is 13.0 Å². The van der Waals surface area contributed by atoms with E-state index in [2.05, 4.69) is 26.2 Å². The molecule has 0 aliphatic rings. The molecule has 0 atom stereocenters. The topological polar surface area (TPSA) is 55.1 Å². The van der Waals surface area contributed by atoms with Crippen LogP contribution in [0, 0.1) is 13.8 Å². The fourth-order valence-electron chi connectivity index (χ4n) is 1.35. The van der Waals surface area contributed by atoms with Gasteiger partial charge >= 0.3 is 0 Å². The summed E-state index contributed by atoms with van der Waals surface area (Å²) < 4.78 is 6.13. The van der Waals surface area contributed by atoms with E-state index in [9.17, 15) is 4.79 Å². The van der Waals surface area contributed by atoms with Gasteiger partial charge in [-0.2, -0.15) is 0 Å². The second kappa shape index (κ2) is 4.71. The molecule has 0 radical (unpaired) electrons. The van der Waals surface area contributed by atoms with Gasteiger partial charge in [0.2, 0.25) is 0 Å². The summed E-state index contributed by atoms with van der Waals surface area (Å²) in [5.74, 6) is 1.19. The second-order valence-corrected chi connectivity index (χ2v) is 4.48. The first-order chi connectivity index (χ1) is 8.06. The predicted molar refractivity (Wildman–Crippen MR) is 68.1 cm³/mol. The highest BCUT2D eigenvalue weighted by molar-refractivity contribution is 9.10. The number of pyridine rings is 1. The first-order valence-electron chi connectivity index (χ1n) is 5.07. The second-order valence-electron chi connectivity index (χ2n) is 3.63. The number of aromatic nitrogens is 1. The maximum Gasteiger partial charge on any atom is 0.292 e. The van der Waals surface area contributed by atoms with Gasteiger partial charge in [0.25, 0.3) is 5.91 Å². The summed E-state index contributed by atoms with van der Waals surface area (Å²) in [6.45, 7) is 3.65. The van der Waals surface area contributed by atoms with Crippen LogP contribution in [0.2, 0.25) is 0 Å². The molecule has 88 valence electrons. The van der Waals surface area contributed by atoms with Crippen molar-refractivity contribution in [2.24, 2.45) is 0 Å². The molecule has 0 aliphatic heterocycles. The van der Waals surface area contributed by atoms with E-state index in [1.54, 1.807) is 25.1 Å². The molecule has 0 fully saturated rings. The third kappa shape index (κ3) is 2.74. The Balaban J connectivity index is 2.15. The number of rotatable bonds is 2. The first kappa shape index (κ1) is 11.9. The van der Waals surface area contributed by atoms with Crippen molar-refractivity contribution in [1.82, 2.24) is 4.98 Å². The average Bonchev–Trinajstić information content (AvgIpc) is 2.70. The highest BCUT2D eigenvalue weighted by atomic mass is 79.9. The lowest BCUT2D eigenvalue weighted by molar-refractivity contribution is 0.0995. The van der Waals surface area contributed by atoms with Gasteiger partial charge in [-0.25, -0.2) is 4.98 Å². The SMILES string of the molecule is Cc1ccc(C(=O)Nc2ccc(Br)c(C)n2)o1. The van der Waals surface area contributed by atoms with Crippen LogP contribution < -0.4 is 5.32 Å². The molecule has 5 heteroatoms. The summed E-state index contributed by atoms with van der Waals surface area (Å²) in [6, 6.07) is 6.95. The number of nitrogens with zero attached hydrogens (tertiary/aromatic N) is 1. The summed E-state index contributed by atoms with van der Waals surface area (Å²) in [6.07, 6.45) is 0. The Kier molecular flexibility index (Phi) is 3.28. The van der Waals surface area contributed by atoms with Gasteiger partial charge in [-0.05, 0) is 54.0 Å². The van der Waals surface area contributed by atoms with Crippen molar-refractivity contribution in [3.8, 4) is 0 Å². The Bertz CT molecular complexity index is 563. The van der Waals surface area contributed by atoms with Gasteiger partial charge in [0.1, 0.15) is 11.6 Å². The number of hydrogen-bond donors (Lipinski definition) is 1. The maximum absolute atomic E-state index is 11.8. The van der Waals surface area contributed by atoms with Crippen LogP contribution in [0.4, 0.5) is 5.82 Å². The quantitative estimate of drug-likeness (QED) is 0.924. The van der Waals surface area contributed by atoms with E-state index >= 15 is 0 Å². The van der Waals surface area contributed by atoms with E-state index < -0.39 is 0 Å². The van der Waals surface area contributed by atoms with Crippen molar-refractivity contribution < 1.29 is 9.21 Å². The van der Waals surface area contributed by atoms with Gasteiger partial charge < -0.3 is 9.73 Å². The summed E-state index contributed by atoms with van der Waals surface area (Å²) in [5.41, 5.74) is 0.818. The average molecular weight is 295 g/mol. The predicted octanol–water partition coefficient (Wildman–Crippen LogP) is 3.31. The summed E-state index contributed by atoms with van der Waals surface area (Å²) in [5, 5.41) is 2.67. The molecule has 0 aliphatic carbocycles. The van der Waals surface area contributed by atoms with Gasteiger partial charge in [-0.3, -0.25) is 4.79 Å². The number of nitrogens with one attached hydrogen (secondary N) is 1. The molecule has 0 unspecified atom stereocenters. The summed E-state index contributed by atoms with van der Waals surface area (Å²) in [4.78, 5) is 16.0. The molecule has 2 aromatic heterocycles. The van der Waals surface area contributed by atoms with Gasteiger partial charge in [0, 0.05) is 4.47 Å². The third-order valence-corrected chi connectivity index (χ3v) is 3.07. The zero-order valence-electron chi connectivity index (χ0n) is 9.45. The standard InChI is InChI=1S/C12H11BrN2O2/c1-7-3-5-10(17-7)12(16)15-11-6-4-9(13)8(2)14-11/h3-6H,1-2H3,(H,14,15,16). The van der Waals surface area contributed by atoms with Crippen molar-refractivity contribution >= 4 is 27.7 Å². The van der Waals surface area contributed by atoms with Crippen LogP contribution in [0.1, 0.15) is 22.0 Å². The molecule has 2 aromatic rings. The highest BCUT2D eigenvalue weighted by Crippen LogP contribution is 2.17. The molecule has 0 spiro atoms. The van der Waals surface area contributed by atoms with E-state index in [0.717, 1.165) is 10.2 Å². The highest BCUT2D eigenvalue weighted by Gasteiger charge is 2.11. The molecular formula is C12H11BrN2O2. The van der Waals surface area contributed by atoms with Crippen molar-refractivity contribution in [2.75, 3.05) is 5.32 Å². The Morgan fingerprint density at radius 2 is 2.06 bits per heavy atom. The van der Waals surface area contributed by atoms with Gasteiger partial charge in [0.05, 0.1) is 5.69 Å². The number of hydrogen-bond acceptors (Lipinski definition) is 3. The number of amides is 1. The van der Waals surface area contributed by atoms with Crippen molar-refractivity contribution in [2.45, 2.75) is 13.8 Å². The normalized spacial score (nSPS) is 10.3. The van der Waals surface area contributed by atoms with Gasteiger partial charge in [0.15, 0.2) is 5.76 Å². The van der Waals surface area contributed by atoms with Crippen LogP contribution in [-0.2, 0) is 0 Å². The van der Waals surface area contributed by atoms with E-state index in [4.69, 9.17) is 4.42 Å². The van der Waals surface area contributed by atoms with Crippen molar-refractivity contribution in [1.29, 1.82) is 0 Å². The van der Waals surface area contributed by atoms with E-state index in [-0.39, 0.29) is 11.7 Å². The zero-order valence-corrected chi connectivity index (χ0v) is 11.0. The van der Waals surface area contributed by atoms with Crippen LogP contribution >= 0.6 is 15.9 Å². The lowest BCUT2D eigenvalue weighted by Gasteiger charge is -2.04. The van der Waals surface area contributed by atoms with Crippen LogP contribution in [-0.4, -0.2) is 10.9 Å². The molecule has 0 saturated heterocycles. The largest absolute Gasteiger partial charge is 0.456 e. The Hall–Kier alpha value is -1.62. The smallest absolute Gasteiger partial charge is 0.292 e. The van der Waals surface area contributed by atoms with Gasteiger partial charge in [-0.1, -0.05) is 0 Å². The summed E-state index contributed by atoms with van der Waals surface area (Å²) in [7, 11) is 0. The molecule has 17 heavy (non-hydrogen) atoms. The molecule has 0 saturated carbocycles. The number of carbonyl (C=O) groups excluding carboxylic acids is 1. The number of aryl methyl sites for hydroxylation is 2. The Morgan fingerprint density at radius 3 is 2.65 bits per heavy atom. The first-order valence-corrected chi connectivity index (χ1v) is 5.86. The zero-order chi connectivity index (χ0) is 12.4. The minimum absolute atomic E-state index is 0.282. The minimum atomic E-state index is -0.299. The number of carbonyl (C=O) groups is 1. The molecule has 1 amide bonds. The maximum atomic E-state index is 11.8. The Morgan fingerprint density at radius 1 is 1.29 bits per heavy atom. The lowest BCUT2D eigenvalue weighted by Crippen LogP contribution is -2.12. The Labute approximate surface area is 107 Å². The number of furan rings is 1. The number of anilines is 1. The molecule has 0 aromatic carbocycles. The molecule has 2 heterocycles. The van der Waals surface area contributed by atoms with Crippen LogP contribution in [0.3, 0.4) is 0 Å². The van der Waals surface area contributed by atoms with E-state index in [1.165, 1.54) is 0 Å². The lowest BCUT2D eigenvalue weighted by atomic mass is 10.3. The summed E-state index contributed by atoms with van der Waals surface area (Å²) >= 11 is 3.35. The fourth-order valence-corrected chi connectivity index (χ4v) is 1.57. The molecular weight excluding hydrogens is 284 g/mol. The van der Waals surface area contributed by atoms with Crippen LogP contribution in [0.5, 0.6) is 0 Å². The number of halogens is 1. The van der Waals surface area contributed by atoms with Crippen molar-refractivity contribution in [3.63, 3.8) is 0 Å². The monoisotopic (exact) mass is 294 g/mol.